The molecule has 0 saturated carbocycles. The van der Waals surface area contributed by atoms with Gasteiger partial charge in [0.05, 0.1) is 7.11 Å². The van der Waals surface area contributed by atoms with E-state index in [-0.39, 0.29) is 0 Å². The normalized spacial score (nSPS) is 10.8. The Morgan fingerprint density at radius 3 is 2.86 bits per heavy atom. The highest BCUT2D eigenvalue weighted by Crippen LogP contribution is 2.29. The Kier molecular flexibility index (Phi) is 6.48. The number of hydrogen-bond acceptors (Lipinski definition) is 6. The Hall–Kier alpha value is -1.11. The fraction of sp³-hybridized carbons (Fsp3) is 0.467. The average molecular weight is 323 g/mol. The molecular formula is C15H21N3OS2. The summed E-state index contributed by atoms with van der Waals surface area (Å²) < 4.78 is 10.8. The van der Waals surface area contributed by atoms with E-state index in [0.29, 0.717) is 0 Å². The van der Waals surface area contributed by atoms with Crippen molar-refractivity contribution < 1.29 is 4.74 Å². The lowest BCUT2D eigenvalue weighted by atomic mass is 10.1. The van der Waals surface area contributed by atoms with Crippen LogP contribution >= 0.6 is 23.3 Å². The molecular weight excluding hydrogens is 302 g/mol. The van der Waals surface area contributed by atoms with Gasteiger partial charge in [0.15, 0.2) is 4.34 Å². The first-order valence-electron chi connectivity index (χ1n) is 7.08. The Balaban J connectivity index is 2.05. The quantitative estimate of drug-likeness (QED) is 0.753. The van der Waals surface area contributed by atoms with E-state index in [9.17, 15) is 0 Å². The number of methoxy groups -OCH3 is 1. The smallest absolute Gasteiger partial charge is 0.170 e. The van der Waals surface area contributed by atoms with Crippen LogP contribution in [0.1, 0.15) is 30.8 Å². The summed E-state index contributed by atoms with van der Waals surface area (Å²) in [5.74, 6) is 2.71. The molecule has 0 amide bonds. The largest absolute Gasteiger partial charge is 0.496 e. The predicted octanol–water partition coefficient (Wildman–Crippen LogP) is 3.51. The van der Waals surface area contributed by atoms with Gasteiger partial charge in [-0.15, -0.1) is 0 Å². The highest BCUT2D eigenvalue weighted by atomic mass is 32.2. The van der Waals surface area contributed by atoms with Gasteiger partial charge >= 0.3 is 0 Å². The molecule has 0 aliphatic heterocycles. The number of nitrogens with zero attached hydrogens (tertiary/aromatic N) is 2. The van der Waals surface area contributed by atoms with Gasteiger partial charge in [0.1, 0.15) is 11.6 Å². The van der Waals surface area contributed by atoms with Crippen molar-refractivity contribution in [3.63, 3.8) is 0 Å². The molecule has 0 spiro atoms. The van der Waals surface area contributed by atoms with Crippen molar-refractivity contribution >= 4 is 23.3 Å². The lowest BCUT2D eigenvalue weighted by Crippen LogP contribution is -2.11. The van der Waals surface area contributed by atoms with Gasteiger partial charge in [0.2, 0.25) is 0 Å². The lowest BCUT2D eigenvalue weighted by Gasteiger charge is -2.10. The van der Waals surface area contributed by atoms with Gasteiger partial charge in [-0.05, 0) is 35.8 Å². The Bertz CT molecular complexity index is 572. The van der Waals surface area contributed by atoms with Crippen molar-refractivity contribution in [2.45, 2.75) is 36.9 Å². The second kappa shape index (κ2) is 8.36. The summed E-state index contributed by atoms with van der Waals surface area (Å²) in [6.45, 7) is 6.04. The number of aromatic nitrogens is 2. The molecule has 2 rings (SSSR count). The average Bonchev–Trinajstić information content (AvgIpc) is 2.99. The van der Waals surface area contributed by atoms with Crippen molar-refractivity contribution in [3.05, 3.63) is 35.2 Å². The Morgan fingerprint density at radius 1 is 1.33 bits per heavy atom. The van der Waals surface area contributed by atoms with Gasteiger partial charge in [-0.3, -0.25) is 0 Å². The molecule has 0 bridgehead atoms. The van der Waals surface area contributed by atoms with E-state index in [1.54, 1.807) is 18.9 Å². The fourth-order valence-electron chi connectivity index (χ4n) is 1.90. The van der Waals surface area contributed by atoms with Crippen LogP contribution in [0.25, 0.3) is 0 Å². The molecule has 0 unspecified atom stereocenters. The molecule has 114 valence electrons. The van der Waals surface area contributed by atoms with Crippen LogP contribution in [0.15, 0.2) is 22.5 Å². The minimum atomic E-state index is 0.849. The van der Waals surface area contributed by atoms with Crippen LogP contribution < -0.4 is 10.1 Å². The zero-order valence-electron chi connectivity index (χ0n) is 12.7. The molecule has 0 radical (unpaired) electrons. The van der Waals surface area contributed by atoms with Gasteiger partial charge in [-0.1, -0.05) is 31.7 Å². The maximum Gasteiger partial charge on any atom is 0.170 e. The van der Waals surface area contributed by atoms with Crippen LogP contribution in [-0.2, 0) is 18.7 Å². The first-order valence-corrected chi connectivity index (χ1v) is 8.84. The molecule has 4 nitrogen and oxygen atoms in total. The number of nitrogens with one attached hydrogen (secondary N) is 1. The molecule has 0 aliphatic carbocycles. The summed E-state index contributed by atoms with van der Waals surface area (Å²) in [6, 6.07) is 6.35. The number of thioether (sulfide) groups is 1. The second-order valence-electron chi connectivity index (χ2n) is 4.55. The zero-order valence-corrected chi connectivity index (χ0v) is 14.3. The first-order chi connectivity index (χ1) is 10.3. The van der Waals surface area contributed by atoms with Crippen molar-refractivity contribution in [1.29, 1.82) is 0 Å². The summed E-state index contributed by atoms with van der Waals surface area (Å²) in [5, 5.41) is 3.35. The van der Waals surface area contributed by atoms with E-state index < -0.39 is 0 Å². The van der Waals surface area contributed by atoms with E-state index in [2.05, 4.69) is 40.7 Å². The number of rotatable bonds is 8. The number of hydrogen-bond donors (Lipinski definition) is 1. The van der Waals surface area contributed by atoms with Crippen LogP contribution in [0.2, 0.25) is 0 Å². The van der Waals surface area contributed by atoms with Crippen molar-refractivity contribution in [1.82, 2.24) is 14.7 Å². The molecule has 0 saturated heterocycles. The van der Waals surface area contributed by atoms with Crippen LogP contribution in [0.5, 0.6) is 5.75 Å². The highest BCUT2D eigenvalue weighted by molar-refractivity contribution is 8.00. The molecule has 1 aromatic heterocycles. The topological polar surface area (TPSA) is 47.0 Å². The summed E-state index contributed by atoms with van der Waals surface area (Å²) in [4.78, 5) is 4.49. The van der Waals surface area contributed by atoms with E-state index in [1.807, 2.05) is 6.07 Å². The van der Waals surface area contributed by atoms with Gasteiger partial charge in [-0.2, -0.15) is 4.37 Å². The van der Waals surface area contributed by atoms with Crippen molar-refractivity contribution in [2.24, 2.45) is 0 Å². The van der Waals surface area contributed by atoms with Gasteiger partial charge < -0.3 is 10.1 Å². The summed E-state index contributed by atoms with van der Waals surface area (Å²) in [5.41, 5.74) is 2.48. The third-order valence-corrected chi connectivity index (χ3v) is 4.96. The standard InChI is InChI=1S/C15H21N3OS2/c1-4-14-17-15(21-18-14)20-10-12-8-11(9-16-5-2)6-7-13(12)19-3/h6-8,16H,4-5,9-10H2,1-3H3. The van der Waals surface area contributed by atoms with E-state index in [4.69, 9.17) is 4.74 Å². The molecule has 1 aromatic carbocycles. The second-order valence-corrected chi connectivity index (χ2v) is 6.52. The monoisotopic (exact) mass is 323 g/mol. The van der Waals surface area contributed by atoms with Crippen LogP contribution in [0.3, 0.4) is 0 Å². The number of aryl methyl sites for hydroxylation is 1. The third-order valence-electron chi connectivity index (χ3n) is 3.04. The summed E-state index contributed by atoms with van der Waals surface area (Å²) >= 11 is 3.19. The van der Waals surface area contributed by atoms with Crippen LogP contribution in [0, 0.1) is 0 Å². The zero-order chi connectivity index (χ0) is 15.1. The summed E-state index contributed by atoms with van der Waals surface area (Å²) in [6.07, 6.45) is 0.887. The maximum atomic E-state index is 5.45. The molecule has 1 N–H and O–H groups in total. The fourth-order valence-corrected chi connectivity index (χ4v) is 3.58. The summed E-state index contributed by atoms with van der Waals surface area (Å²) in [7, 11) is 1.72. The molecule has 21 heavy (non-hydrogen) atoms. The molecule has 0 fully saturated rings. The Morgan fingerprint density at radius 2 is 2.19 bits per heavy atom. The van der Waals surface area contributed by atoms with Gasteiger partial charge in [-0.25, -0.2) is 4.98 Å². The lowest BCUT2D eigenvalue weighted by molar-refractivity contribution is 0.411. The van der Waals surface area contributed by atoms with E-state index in [1.165, 1.54) is 22.7 Å². The van der Waals surface area contributed by atoms with Crippen molar-refractivity contribution in [2.75, 3.05) is 13.7 Å². The van der Waals surface area contributed by atoms with Crippen LogP contribution in [0.4, 0.5) is 0 Å². The van der Waals surface area contributed by atoms with Gasteiger partial charge in [0.25, 0.3) is 0 Å². The number of benzene rings is 1. The maximum absolute atomic E-state index is 5.45. The Labute approximate surface area is 134 Å². The third kappa shape index (κ3) is 4.69. The minimum Gasteiger partial charge on any atom is -0.496 e. The molecule has 0 aliphatic rings. The SMILES string of the molecule is CCNCc1ccc(OC)c(CSc2nc(CC)ns2)c1. The molecule has 0 atom stereocenters. The van der Waals surface area contributed by atoms with Crippen molar-refractivity contribution in [3.8, 4) is 5.75 Å². The molecule has 1 heterocycles. The highest BCUT2D eigenvalue weighted by Gasteiger charge is 2.08. The number of ether oxygens (including phenoxy) is 1. The first kappa shape index (κ1) is 16.3. The molecule has 2 aromatic rings. The van der Waals surface area contributed by atoms with E-state index in [0.717, 1.165) is 41.2 Å². The van der Waals surface area contributed by atoms with E-state index >= 15 is 0 Å². The van der Waals surface area contributed by atoms with Crippen LogP contribution in [-0.4, -0.2) is 23.0 Å². The minimum absolute atomic E-state index is 0.849. The van der Waals surface area contributed by atoms with Gasteiger partial charge in [0, 0.05) is 24.3 Å². The predicted molar refractivity (Wildman–Crippen MR) is 89.2 cm³/mol. The molecule has 6 heteroatoms.